The van der Waals surface area contributed by atoms with E-state index in [2.05, 4.69) is 0 Å². The van der Waals surface area contributed by atoms with E-state index in [-0.39, 0.29) is 51.4 Å². The summed E-state index contributed by atoms with van der Waals surface area (Å²) in [5.41, 5.74) is 5.16. The molecule has 0 rings (SSSR count). The van der Waals surface area contributed by atoms with Gasteiger partial charge >= 0.3 is 51.4 Å². The summed E-state index contributed by atoms with van der Waals surface area (Å²) in [6.45, 7) is 3.84. The molecule has 0 saturated heterocycles. The number of carboxylic acids is 1. The van der Waals surface area contributed by atoms with Crippen molar-refractivity contribution < 1.29 is 61.3 Å². The summed E-state index contributed by atoms with van der Waals surface area (Å²) in [6, 6.07) is -0.801. The third-order valence-corrected chi connectivity index (χ3v) is 1.03. The summed E-state index contributed by atoms with van der Waals surface area (Å²) in [7, 11) is 0. The predicted octanol–water partition coefficient (Wildman–Crippen LogP) is -3.89. The van der Waals surface area contributed by atoms with Crippen LogP contribution in [-0.4, -0.2) is 12.0 Å². The maximum atomic E-state index is 10.00. The Balaban J connectivity index is 0. The van der Waals surface area contributed by atoms with Crippen LogP contribution in [-0.2, 0) is 4.79 Å². The number of nitrogens with two attached hydrogens (primary N) is 1. The number of hydrogen-bond acceptors (Lipinski definition) is 3. The third-order valence-electron chi connectivity index (χ3n) is 1.03. The molecule has 1 unspecified atom stereocenters. The van der Waals surface area contributed by atoms with Crippen LogP contribution in [0.2, 0.25) is 0 Å². The van der Waals surface area contributed by atoms with Crippen LogP contribution in [0.1, 0.15) is 20.3 Å². The molecule has 0 aromatic carbocycles. The Bertz CT molecular complexity index is 106. The van der Waals surface area contributed by atoms with Gasteiger partial charge < -0.3 is 15.6 Å². The third kappa shape index (κ3) is 7.18. The average Bonchev–Trinajstić information content (AvgIpc) is 1.63. The Labute approximate surface area is 104 Å². The summed E-state index contributed by atoms with van der Waals surface area (Å²) in [6.07, 6.45) is 0.488. The van der Waals surface area contributed by atoms with E-state index in [4.69, 9.17) is 5.73 Å². The van der Waals surface area contributed by atoms with Crippen LogP contribution < -0.4 is 62.2 Å². The zero-order valence-electron chi connectivity index (χ0n) is 6.76. The minimum absolute atomic E-state index is 0. The summed E-state index contributed by atoms with van der Waals surface area (Å²) >= 11 is 0. The maximum Gasteiger partial charge on any atom is 1.00 e. The first-order valence-electron chi connectivity index (χ1n) is 3.00. The van der Waals surface area contributed by atoms with Crippen LogP contribution >= 0.6 is 0 Å². The van der Waals surface area contributed by atoms with Crippen LogP contribution in [0.15, 0.2) is 0 Å². The van der Waals surface area contributed by atoms with E-state index in [1.807, 2.05) is 13.8 Å². The van der Waals surface area contributed by atoms with E-state index in [0.29, 0.717) is 12.3 Å². The van der Waals surface area contributed by atoms with Crippen molar-refractivity contribution in [3.8, 4) is 0 Å². The van der Waals surface area contributed by atoms with Crippen molar-refractivity contribution in [1.29, 1.82) is 0 Å². The topological polar surface area (TPSA) is 66.2 Å². The van der Waals surface area contributed by atoms with E-state index < -0.39 is 12.0 Å². The molecule has 3 nitrogen and oxygen atoms in total. The summed E-state index contributed by atoms with van der Waals surface area (Å²) in [4.78, 5) is 10.00. The molecule has 0 spiro atoms. The molecule has 1 atom stereocenters. The van der Waals surface area contributed by atoms with E-state index in [9.17, 15) is 9.90 Å². The first kappa shape index (κ1) is 13.6. The fourth-order valence-electron chi connectivity index (χ4n) is 0.604. The minimum atomic E-state index is -1.16. The largest absolute Gasteiger partial charge is 1.00 e. The number of carbonyl (C=O) groups is 1. The quantitative estimate of drug-likeness (QED) is 0.439. The van der Waals surface area contributed by atoms with Gasteiger partial charge in [0.1, 0.15) is 0 Å². The molecule has 0 fully saturated rings. The molecule has 0 aromatic heterocycles. The molecule has 0 amide bonds. The number of hydrogen-bond donors (Lipinski definition) is 1. The Morgan fingerprint density at radius 1 is 1.60 bits per heavy atom. The van der Waals surface area contributed by atoms with Gasteiger partial charge in [-0.25, -0.2) is 0 Å². The SMILES string of the molecule is CC(C)CC(N)C(=O)[O-].[K+]. The van der Waals surface area contributed by atoms with Crippen molar-refractivity contribution >= 4 is 5.97 Å². The first-order valence-corrected chi connectivity index (χ1v) is 3.00. The van der Waals surface area contributed by atoms with Crippen LogP contribution in [0.4, 0.5) is 0 Å². The molecule has 0 aliphatic heterocycles. The molecule has 2 N–H and O–H groups in total. The molecule has 0 radical (unpaired) electrons. The van der Waals surface area contributed by atoms with Gasteiger partial charge in [0, 0.05) is 6.04 Å². The maximum absolute atomic E-state index is 10.00. The molecular weight excluding hydrogens is 157 g/mol. The number of aliphatic carboxylic acids is 1. The molecule has 0 aromatic rings. The first-order chi connectivity index (χ1) is 4.04. The standard InChI is InChI=1S/C6H13NO2.K/c1-4(2)3-5(7)6(8)9;/h4-5H,3,7H2,1-2H3,(H,8,9);/q;+1/p-1. The Hall–Kier alpha value is 1.07. The van der Waals surface area contributed by atoms with Crippen LogP contribution in [0.25, 0.3) is 0 Å². The van der Waals surface area contributed by atoms with Gasteiger partial charge in [0.05, 0.1) is 5.97 Å². The molecule has 0 heterocycles. The van der Waals surface area contributed by atoms with Gasteiger partial charge in [0.15, 0.2) is 0 Å². The molecule has 0 bridgehead atoms. The van der Waals surface area contributed by atoms with Gasteiger partial charge in [-0.3, -0.25) is 0 Å². The minimum Gasteiger partial charge on any atom is -0.548 e. The molecule has 0 aliphatic rings. The summed E-state index contributed by atoms with van der Waals surface area (Å²) < 4.78 is 0. The number of carbonyl (C=O) groups excluding carboxylic acids is 1. The second kappa shape index (κ2) is 6.76. The molecule has 10 heavy (non-hydrogen) atoms. The predicted molar refractivity (Wildman–Crippen MR) is 32.4 cm³/mol. The van der Waals surface area contributed by atoms with Gasteiger partial charge in [0.25, 0.3) is 0 Å². The van der Waals surface area contributed by atoms with Gasteiger partial charge in [-0.2, -0.15) is 0 Å². The molecular formula is C6H12KNO2. The van der Waals surface area contributed by atoms with Crippen LogP contribution in [0.5, 0.6) is 0 Å². The van der Waals surface area contributed by atoms with E-state index in [0.717, 1.165) is 0 Å². The Morgan fingerprint density at radius 2 is 2.00 bits per heavy atom. The fraction of sp³-hybridized carbons (Fsp3) is 0.833. The number of rotatable bonds is 3. The monoisotopic (exact) mass is 169 g/mol. The smallest absolute Gasteiger partial charge is 0.548 e. The van der Waals surface area contributed by atoms with Crippen molar-refractivity contribution in [1.82, 2.24) is 0 Å². The van der Waals surface area contributed by atoms with Crippen LogP contribution in [0.3, 0.4) is 0 Å². The number of carboxylic acid groups (broad SMARTS) is 1. The second-order valence-corrected chi connectivity index (χ2v) is 2.56. The normalized spacial score (nSPS) is 12.4. The molecule has 0 saturated carbocycles. The van der Waals surface area contributed by atoms with Crippen molar-refractivity contribution in [2.75, 3.05) is 0 Å². The van der Waals surface area contributed by atoms with Gasteiger partial charge in [0.2, 0.25) is 0 Å². The molecule has 4 heteroatoms. The molecule has 54 valence electrons. The van der Waals surface area contributed by atoms with Crippen molar-refractivity contribution in [2.24, 2.45) is 11.7 Å². The van der Waals surface area contributed by atoms with Crippen LogP contribution in [0, 0.1) is 5.92 Å². The fourth-order valence-corrected chi connectivity index (χ4v) is 0.604. The zero-order chi connectivity index (χ0) is 7.44. The summed E-state index contributed by atoms with van der Waals surface area (Å²) in [5, 5.41) is 10.00. The van der Waals surface area contributed by atoms with Crippen molar-refractivity contribution in [3.63, 3.8) is 0 Å². The van der Waals surface area contributed by atoms with E-state index in [1.165, 1.54) is 0 Å². The van der Waals surface area contributed by atoms with Gasteiger partial charge in [-0.05, 0) is 12.3 Å². The zero-order valence-corrected chi connectivity index (χ0v) is 9.88. The van der Waals surface area contributed by atoms with Crippen molar-refractivity contribution in [3.05, 3.63) is 0 Å². The average molecular weight is 169 g/mol. The van der Waals surface area contributed by atoms with E-state index >= 15 is 0 Å². The Kier molecular flexibility index (Phi) is 9.22. The van der Waals surface area contributed by atoms with Crippen molar-refractivity contribution in [2.45, 2.75) is 26.3 Å². The van der Waals surface area contributed by atoms with Gasteiger partial charge in [-0.15, -0.1) is 0 Å². The second-order valence-electron chi connectivity index (χ2n) is 2.56. The Morgan fingerprint density at radius 3 is 2.10 bits per heavy atom. The molecule has 0 aliphatic carbocycles. The van der Waals surface area contributed by atoms with Gasteiger partial charge in [-0.1, -0.05) is 13.8 Å². The summed E-state index contributed by atoms with van der Waals surface area (Å²) in [5.74, 6) is -0.846. The van der Waals surface area contributed by atoms with E-state index in [1.54, 1.807) is 0 Å².